The minimum atomic E-state index is -0.301. The summed E-state index contributed by atoms with van der Waals surface area (Å²) < 4.78 is 5.88. The van der Waals surface area contributed by atoms with Crippen molar-refractivity contribution in [3.63, 3.8) is 0 Å². The predicted octanol–water partition coefficient (Wildman–Crippen LogP) is -1.19. The summed E-state index contributed by atoms with van der Waals surface area (Å²) in [6.07, 6.45) is -0.105. The van der Waals surface area contributed by atoms with Crippen molar-refractivity contribution in [2.45, 2.75) is 13.3 Å². The molecule has 0 radical (unpaired) electrons. The number of hydrogen-bond donors (Lipinski definition) is 1. The maximum Gasteiger partial charge on any atom is 0.231 e. The van der Waals surface area contributed by atoms with Gasteiger partial charge in [-0.2, -0.15) is 0 Å². The van der Waals surface area contributed by atoms with Gasteiger partial charge in [0.15, 0.2) is 11.4 Å². The lowest BCUT2D eigenvalue weighted by molar-refractivity contribution is -0.124. The van der Waals surface area contributed by atoms with Gasteiger partial charge in [-0.15, -0.1) is 0 Å². The minimum absolute atomic E-state index is 0. The van der Waals surface area contributed by atoms with Crippen molar-refractivity contribution in [2.75, 3.05) is 33.6 Å². The van der Waals surface area contributed by atoms with E-state index in [-0.39, 0.29) is 30.5 Å². The van der Waals surface area contributed by atoms with Gasteiger partial charge in [-0.05, 0) is 19.1 Å². The molecule has 0 fully saturated rings. The van der Waals surface area contributed by atoms with Crippen molar-refractivity contribution in [1.82, 2.24) is 4.48 Å². The molecule has 0 bridgehead atoms. The number of methoxy groups -OCH3 is 1. The number of carbonyl (C=O) groups excluding carboxylic acids is 2. The standard InChI is InChI=1S/C14H20N2O3.ClH/c1-10(17)8-14(18)15-11-6-7-13(19-5)12(9-11)16(2,3)4;/h6-7,9H,8H2,1-5H3;1H. The Morgan fingerprint density at radius 1 is 1.25 bits per heavy atom. The third-order valence-corrected chi connectivity index (χ3v) is 2.59. The number of nitrogens with one attached hydrogen (secondary N) is 1. The van der Waals surface area contributed by atoms with Gasteiger partial charge in [0.1, 0.15) is 5.78 Å². The number of carbonyl (C=O) groups is 2. The number of anilines is 1. The normalized spacial score (nSPS) is 10.4. The van der Waals surface area contributed by atoms with E-state index in [2.05, 4.69) is 5.32 Å². The number of benzene rings is 1. The molecule has 1 aromatic rings. The molecule has 1 rings (SSSR count). The predicted molar refractivity (Wildman–Crippen MR) is 76.5 cm³/mol. The highest BCUT2D eigenvalue weighted by molar-refractivity contribution is 6.03. The Morgan fingerprint density at radius 2 is 1.85 bits per heavy atom. The maximum absolute atomic E-state index is 11.6. The summed E-state index contributed by atoms with van der Waals surface area (Å²) in [5.74, 6) is 0.305. The molecular weight excluding hydrogens is 280 g/mol. The highest BCUT2D eigenvalue weighted by atomic mass is 35.5. The van der Waals surface area contributed by atoms with Crippen molar-refractivity contribution in [2.24, 2.45) is 0 Å². The second kappa shape index (κ2) is 7.26. The van der Waals surface area contributed by atoms with Crippen LogP contribution in [-0.2, 0) is 9.59 Å². The van der Waals surface area contributed by atoms with E-state index < -0.39 is 0 Å². The summed E-state index contributed by atoms with van der Waals surface area (Å²) in [5.41, 5.74) is 1.61. The van der Waals surface area contributed by atoms with Crippen molar-refractivity contribution in [3.8, 4) is 5.75 Å². The van der Waals surface area contributed by atoms with Crippen LogP contribution in [0.25, 0.3) is 0 Å². The SMILES string of the molecule is COc1ccc(NC(=O)CC(C)=O)cc1[N+](C)(C)C.[Cl-]. The first kappa shape index (κ1) is 18.4. The van der Waals surface area contributed by atoms with Gasteiger partial charge in [0.2, 0.25) is 5.91 Å². The number of halogens is 1. The van der Waals surface area contributed by atoms with Crippen molar-refractivity contribution >= 4 is 23.1 Å². The maximum atomic E-state index is 11.6. The van der Waals surface area contributed by atoms with Crippen LogP contribution in [0, 0.1) is 0 Å². The second-order valence-corrected chi connectivity index (χ2v) is 5.33. The molecule has 1 aromatic carbocycles. The number of rotatable bonds is 5. The molecule has 0 aromatic heterocycles. The number of amides is 1. The lowest BCUT2D eigenvalue weighted by Crippen LogP contribution is -3.00. The molecule has 0 saturated carbocycles. The number of Topliss-reactive ketones (excluding diaryl/α,β-unsaturated/α-hetero) is 1. The quantitative estimate of drug-likeness (QED) is 0.550. The molecule has 0 aliphatic heterocycles. The summed E-state index contributed by atoms with van der Waals surface area (Å²) in [7, 11) is 7.65. The summed E-state index contributed by atoms with van der Waals surface area (Å²) >= 11 is 0. The van der Waals surface area contributed by atoms with Crippen LogP contribution in [0.3, 0.4) is 0 Å². The van der Waals surface area contributed by atoms with Gasteiger partial charge in [-0.1, -0.05) is 0 Å². The van der Waals surface area contributed by atoms with Gasteiger partial charge in [0.05, 0.1) is 34.7 Å². The highest BCUT2D eigenvalue weighted by Crippen LogP contribution is 2.32. The Hall–Kier alpha value is -1.59. The number of quaternary nitrogens is 1. The number of hydrogen-bond acceptors (Lipinski definition) is 3. The van der Waals surface area contributed by atoms with Gasteiger partial charge >= 0.3 is 0 Å². The molecule has 1 N–H and O–H groups in total. The van der Waals surface area contributed by atoms with E-state index in [1.165, 1.54) is 6.92 Å². The lowest BCUT2D eigenvalue weighted by Gasteiger charge is -2.25. The highest BCUT2D eigenvalue weighted by Gasteiger charge is 2.19. The minimum Gasteiger partial charge on any atom is -1.00 e. The van der Waals surface area contributed by atoms with Crippen LogP contribution in [0.5, 0.6) is 5.75 Å². The van der Waals surface area contributed by atoms with E-state index in [0.717, 1.165) is 11.4 Å². The van der Waals surface area contributed by atoms with Gasteiger partial charge in [-0.25, -0.2) is 0 Å². The molecule has 0 aliphatic carbocycles. The average Bonchev–Trinajstić information content (AvgIpc) is 2.26. The summed E-state index contributed by atoms with van der Waals surface area (Å²) in [6, 6.07) is 5.43. The van der Waals surface area contributed by atoms with Crippen LogP contribution < -0.4 is 26.9 Å². The number of ether oxygens (including phenoxy) is 1. The van der Waals surface area contributed by atoms with Crippen molar-refractivity contribution in [3.05, 3.63) is 18.2 Å². The zero-order valence-corrected chi connectivity index (χ0v) is 13.2. The molecule has 6 heteroatoms. The topological polar surface area (TPSA) is 55.4 Å². The van der Waals surface area contributed by atoms with Crippen LogP contribution in [-0.4, -0.2) is 39.9 Å². The van der Waals surface area contributed by atoms with E-state index in [0.29, 0.717) is 10.2 Å². The van der Waals surface area contributed by atoms with E-state index in [1.54, 1.807) is 13.2 Å². The van der Waals surface area contributed by atoms with E-state index in [4.69, 9.17) is 4.74 Å². The Bertz CT molecular complexity index is 496. The van der Waals surface area contributed by atoms with Crippen molar-refractivity contribution < 1.29 is 26.7 Å². The summed E-state index contributed by atoms with van der Waals surface area (Å²) in [5, 5.41) is 2.71. The van der Waals surface area contributed by atoms with Gasteiger partial charge in [0.25, 0.3) is 0 Å². The summed E-state index contributed by atoms with van der Waals surface area (Å²) in [6.45, 7) is 1.39. The number of ketones is 1. The molecule has 5 nitrogen and oxygen atoms in total. The van der Waals surface area contributed by atoms with Crippen LogP contribution in [0.4, 0.5) is 11.4 Å². The lowest BCUT2D eigenvalue weighted by atomic mass is 10.2. The van der Waals surface area contributed by atoms with Gasteiger partial charge in [-0.3, -0.25) is 14.1 Å². The average molecular weight is 301 g/mol. The van der Waals surface area contributed by atoms with E-state index in [9.17, 15) is 9.59 Å². The first-order chi connectivity index (χ1) is 8.74. The Labute approximate surface area is 125 Å². The van der Waals surface area contributed by atoms with E-state index in [1.807, 2.05) is 33.3 Å². The Kier molecular flexibility index (Phi) is 6.68. The second-order valence-electron chi connectivity index (χ2n) is 5.33. The number of nitrogens with zero attached hydrogens (tertiary/aromatic N) is 1. The fourth-order valence-electron chi connectivity index (χ4n) is 1.72. The van der Waals surface area contributed by atoms with Gasteiger partial charge in [0, 0.05) is 11.8 Å². The Morgan fingerprint density at radius 3 is 2.30 bits per heavy atom. The molecule has 0 unspecified atom stereocenters. The molecule has 0 spiro atoms. The van der Waals surface area contributed by atoms with E-state index >= 15 is 0 Å². The molecule has 1 amide bonds. The largest absolute Gasteiger partial charge is 1.00 e. The van der Waals surface area contributed by atoms with Crippen LogP contribution in [0.15, 0.2) is 18.2 Å². The zero-order valence-electron chi connectivity index (χ0n) is 12.5. The van der Waals surface area contributed by atoms with Crippen molar-refractivity contribution in [1.29, 1.82) is 0 Å². The zero-order chi connectivity index (χ0) is 14.6. The van der Waals surface area contributed by atoms with Crippen LogP contribution in [0.1, 0.15) is 13.3 Å². The molecule has 0 saturated heterocycles. The smallest absolute Gasteiger partial charge is 0.231 e. The summed E-state index contributed by atoms with van der Waals surface area (Å²) in [4.78, 5) is 22.5. The van der Waals surface area contributed by atoms with Crippen LogP contribution >= 0.6 is 0 Å². The fraction of sp³-hybridized carbons (Fsp3) is 0.429. The molecule has 0 atom stereocenters. The first-order valence-corrected chi connectivity index (χ1v) is 6.03. The molecule has 112 valence electrons. The molecule has 0 aliphatic rings. The molecule has 20 heavy (non-hydrogen) atoms. The monoisotopic (exact) mass is 300 g/mol. The third kappa shape index (κ3) is 5.19. The third-order valence-electron chi connectivity index (χ3n) is 2.59. The van der Waals surface area contributed by atoms with Crippen LogP contribution in [0.2, 0.25) is 0 Å². The molecule has 0 heterocycles. The van der Waals surface area contributed by atoms with Gasteiger partial charge < -0.3 is 22.5 Å². The Balaban J connectivity index is 0.00000361. The first-order valence-electron chi connectivity index (χ1n) is 6.03. The molecular formula is C14H21ClN2O3. The fourth-order valence-corrected chi connectivity index (χ4v) is 1.72.